The van der Waals surface area contributed by atoms with Crippen molar-refractivity contribution in [2.24, 2.45) is 5.41 Å². The lowest BCUT2D eigenvalue weighted by Crippen LogP contribution is -2.47. The van der Waals surface area contributed by atoms with E-state index in [-0.39, 0.29) is 18.0 Å². The smallest absolute Gasteiger partial charge is 0.407 e. The van der Waals surface area contributed by atoms with Crippen molar-refractivity contribution in [3.05, 3.63) is 0 Å². The van der Waals surface area contributed by atoms with Crippen LogP contribution >= 0.6 is 0 Å². The zero-order chi connectivity index (χ0) is 12.8. The Morgan fingerprint density at radius 1 is 1.53 bits per heavy atom. The number of fused-ring (bicyclic) bond motifs is 1. The first-order chi connectivity index (χ1) is 7.73. The lowest BCUT2D eigenvalue weighted by Gasteiger charge is -2.36. The standard InChI is InChI=1S/C10H14F2N2O3/c1-9(11,12)7(15)13-4-10-2-6(3-10)14(5-10)8(16)17/h6H,2-5H2,1H3,(H,13,15)(H,16,17). The fraction of sp³-hybridized carbons (Fsp3) is 0.800. The Morgan fingerprint density at radius 3 is 2.53 bits per heavy atom. The van der Waals surface area contributed by atoms with Crippen molar-refractivity contribution < 1.29 is 23.5 Å². The van der Waals surface area contributed by atoms with Gasteiger partial charge in [0.15, 0.2) is 0 Å². The van der Waals surface area contributed by atoms with Crippen LogP contribution in [0.2, 0.25) is 0 Å². The number of hydrogen-bond donors (Lipinski definition) is 2. The molecule has 0 aromatic rings. The second-order valence-corrected chi connectivity index (χ2v) is 5.04. The molecule has 17 heavy (non-hydrogen) atoms. The fourth-order valence-electron chi connectivity index (χ4n) is 2.63. The van der Waals surface area contributed by atoms with Gasteiger partial charge in [-0.2, -0.15) is 8.78 Å². The van der Waals surface area contributed by atoms with Gasteiger partial charge in [0.2, 0.25) is 0 Å². The first-order valence-electron chi connectivity index (χ1n) is 5.39. The van der Waals surface area contributed by atoms with Crippen LogP contribution in [0.1, 0.15) is 19.8 Å². The van der Waals surface area contributed by atoms with E-state index < -0.39 is 17.9 Å². The van der Waals surface area contributed by atoms with Crippen LogP contribution in [-0.2, 0) is 4.79 Å². The van der Waals surface area contributed by atoms with Gasteiger partial charge in [0.25, 0.3) is 5.91 Å². The first kappa shape index (κ1) is 12.1. The third-order valence-electron chi connectivity index (χ3n) is 3.55. The quantitative estimate of drug-likeness (QED) is 0.779. The highest BCUT2D eigenvalue weighted by Crippen LogP contribution is 2.51. The van der Waals surface area contributed by atoms with E-state index in [0.29, 0.717) is 26.3 Å². The Morgan fingerprint density at radius 2 is 2.12 bits per heavy atom. The monoisotopic (exact) mass is 248 g/mol. The number of carbonyl (C=O) groups excluding carboxylic acids is 1. The normalized spacial score (nSPS) is 31.0. The molecule has 0 radical (unpaired) electrons. The van der Waals surface area contributed by atoms with Gasteiger partial charge in [0.1, 0.15) is 0 Å². The van der Waals surface area contributed by atoms with Gasteiger partial charge in [0.05, 0.1) is 0 Å². The van der Waals surface area contributed by atoms with Crippen LogP contribution in [0.3, 0.4) is 0 Å². The van der Waals surface area contributed by atoms with E-state index in [9.17, 15) is 18.4 Å². The van der Waals surface area contributed by atoms with Crippen LogP contribution in [-0.4, -0.2) is 47.1 Å². The maximum atomic E-state index is 12.6. The van der Waals surface area contributed by atoms with E-state index in [1.807, 2.05) is 0 Å². The first-order valence-corrected chi connectivity index (χ1v) is 5.39. The maximum absolute atomic E-state index is 12.6. The van der Waals surface area contributed by atoms with E-state index in [1.165, 1.54) is 4.90 Å². The molecule has 1 saturated carbocycles. The molecule has 2 aliphatic heterocycles. The zero-order valence-electron chi connectivity index (χ0n) is 9.37. The summed E-state index contributed by atoms with van der Waals surface area (Å²) in [6.45, 7) is 0.986. The summed E-state index contributed by atoms with van der Waals surface area (Å²) in [6.07, 6.45) is 0.311. The van der Waals surface area contributed by atoms with Crippen LogP contribution in [0.25, 0.3) is 0 Å². The molecule has 5 nitrogen and oxygen atoms in total. The molecule has 1 aliphatic carbocycles. The second kappa shape index (κ2) is 3.54. The average molecular weight is 248 g/mol. The lowest BCUT2D eigenvalue weighted by atomic mass is 9.70. The third-order valence-corrected chi connectivity index (χ3v) is 3.55. The average Bonchev–Trinajstić information content (AvgIpc) is 2.66. The van der Waals surface area contributed by atoms with Crippen molar-refractivity contribution in [2.45, 2.75) is 31.7 Å². The van der Waals surface area contributed by atoms with Gasteiger partial charge >= 0.3 is 12.0 Å². The van der Waals surface area contributed by atoms with E-state index >= 15 is 0 Å². The summed E-state index contributed by atoms with van der Waals surface area (Å²) in [5, 5.41) is 11.0. The highest BCUT2D eigenvalue weighted by molar-refractivity contribution is 5.82. The van der Waals surface area contributed by atoms with Gasteiger partial charge in [0, 0.05) is 31.5 Å². The van der Waals surface area contributed by atoms with Crippen molar-refractivity contribution in [3.63, 3.8) is 0 Å². The van der Waals surface area contributed by atoms with Gasteiger partial charge in [-0.15, -0.1) is 0 Å². The topological polar surface area (TPSA) is 69.6 Å². The van der Waals surface area contributed by atoms with Gasteiger partial charge in [-0.05, 0) is 12.8 Å². The van der Waals surface area contributed by atoms with Gasteiger partial charge in [-0.1, -0.05) is 0 Å². The van der Waals surface area contributed by atoms with Crippen LogP contribution in [0.5, 0.6) is 0 Å². The third kappa shape index (κ3) is 2.05. The number of carboxylic acid groups (broad SMARTS) is 1. The number of hydrogen-bond acceptors (Lipinski definition) is 2. The molecule has 0 atom stereocenters. The summed E-state index contributed by atoms with van der Waals surface area (Å²) in [5.41, 5.74) is -0.329. The molecule has 0 spiro atoms. The van der Waals surface area contributed by atoms with E-state index in [1.54, 1.807) is 0 Å². The van der Waals surface area contributed by atoms with Crippen molar-refractivity contribution in [2.75, 3.05) is 13.1 Å². The van der Waals surface area contributed by atoms with E-state index in [2.05, 4.69) is 5.32 Å². The summed E-state index contributed by atoms with van der Waals surface area (Å²) in [6, 6.07) is -0.00783. The number of halogens is 2. The molecule has 2 N–H and O–H groups in total. The van der Waals surface area contributed by atoms with E-state index in [4.69, 9.17) is 5.11 Å². The lowest BCUT2D eigenvalue weighted by molar-refractivity contribution is -0.143. The molecule has 2 bridgehead atoms. The summed E-state index contributed by atoms with van der Waals surface area (Å²) in [7, 11) is 0. The molecule has 2 heterocycles. The second-order valence-electron chi connectivity index (χ2n) is 5.04. The minimum absolute atomic E-state index is 0.00783. The van der Waals surface area contributed by atoms with Crippen LogP contribution in [0, 0.1) is 5.41 Å². The summed E-state index contributed by atoms with van der Waals surface area (Å²) in [4.78, 5) is 23.1. The molecule has 7 heteroatoms. The van der Waals surface area contributed by atoms with Crippen LogP contribution in [0.15, 0.2) is 0 Å². The number of nitrogens with one attached hydrogen (secondary N) is 1. The summed E-state index contributed by atoms with van der Waals surface area (Å²) in [5.74, 6) is -4.69. The van der Waals surface area contributed by atoms with Gasteiger partial charge in [-0.3, -0.25) is 4.79 Å². The molecule has 0 unspecified atom stereocenters. The molecular formula is C10H14F2N2O3. The Bertz CT molecular complexity index is 361. The molecular weight excluding hydrogens is 234 g/mol. The molecule has 3 rings (SSSR count). The molecule has 3 fully saturated rings. The fourth-order valence-corrected chi connectivity index (χ4v) is 2.63. The van der Waals surface area contributed by atoms with Crippen molar-refractivity contribution in [3.8, 4) is 0 Å². The summed E-state index contributed by atoms with van der Waals surface area (Å²) >= 11 is 0. The Labute approximate surface area is 96.8 Å². The number of carbonyl (C=O) groups is 2. The molecule has 0 aromatic carbocycles. The molecule has 3 aliphatic rings. The van der Waals surface area contributed by atoms with Crippen LogP contribution < -0.4 is 5.32 Å². The Hall–Kier alpha value is -1.40. The highest BCUT2D eigenvalue weighted by atomic mass is 19.3. The molecule has 96 valence electrons. The molecule has 2 saturated heterocycles. The Balaban J connectivity index is 1.87. The number of rotatable bonds is 3. The minimum Gasteiger partial charge on any atom is -0.465 e. The number of amides is 2. The predicted molar refractivity (Wildman–Crippen MR) is 53.8 cm³/mol. The minimum atomic E-state index is -3.38. The zero-order valence-corrected chi connectivity index (χ0v) is 9.37. The van der Waals surface area contributed by atoms with Crippen molar-refractivity contribution >= 4 is 12.0 Å². The van der Waals surface area contributed by atoms with Gasteiger partial charge in [-0.25, -0.2) is 4.79 Å². The summed E-state index contributed by atoms with van der Waals surface area (Å²) < 4.78 is 25.2. The number of nitrogens with zero attached hydrogens (tertiary/aromatic N) is 1. The highest BCUT2D eigenvalue weighted by Gasteiger charge is 2.57. The maximum Gasteiger partial charge on any atom is 0.407 e. The number of alkyl halides is 2. The van der Waals surface area contributed by atoms with Gasteiger partial charge < -0.3 is 15.3 Å². The predicted octanol–water partition coefficient (Wildman–Crippen LogP) is 0.900. The van der Waals surface area contributed by atoms with Crippen LogP contribution in [0.4, 0.5) is 13.6 Å². The van der Waals surface area contributed by atoms with Crippen molar-refractivity contribution in [1.82, 2.24) is 10.2 Å². The molecule has 0 aromatic heterocycles. The molecule has 2 amide bonds. The van der Waals surface area contributed by atoms with Crippen molar-refractivity contribution in [1.29, 1.82) is 0 Å². The Kier molecular flexibility index (Phi) is 2.52. The SMILES string of the molecule is CC(F)(F)C(=O)NCC12CC(C1)N(C(=O)O)C2. The van der Waals surface area contributed by atoms with E-state index in [0.717, 1.165) is 0 Å². The largest absolute Gasteiger partial charge is 0.465 e.